The highest BCUT2D eigenvalue weighted by molar-refractivity contribution is 5.94. The van der Waals surface area contributed by atoms with Crippen LogP contribution >= 0.6 is 0 Å². The summed E-state index contributed by atoms with van der Waals surface area (Å²) in [5, 5.41) is 27.2. The molecule has 5 unspecified atom stereocenters. The fraction of sp³-hybridized carbons (Fsp3) is 0.480. The normalized spacial score (nSPS) is 15.2. The maximum absolute atomic E-state index is 13.1. The molecule has 1 aromatic carbocycles. The minimum atomic E-state index is -1.41. The molecule has 0 aliphatic carbocycles. The fourth-order valence-electron chi connectivity index (χ4n) is 3.68. The fourth-order valence-corrected chi connectivity index (χ4v) is 3.68. The molecule has 0 fully saturated rings. The third-order valence-electron chi connectivity index (χ3n) is 5.63. The summed E-state index contributed by atoms with van der Waals surface area (Å²) in [4.78, 5) is 57.2. The summed E-state index contributed by atoms with van der Waals surface area (Å²) in [7, 11) is 0. The van der Waals surface area contributed by atoms with Gasteiger partial charge in [0.15, 0.2) is 0 Å². The number of aliphatic hydroxyl groups excluding tert-OH is 1. The number of aromatic amines is 1. The van der Waals surface area contributed by atoms with E-state index in [1.807, 2.05) is 13.8 Å². The lowest BCUT2D eigenvalue weighted by atomic mass is 10.0. The summed E-state index contributed by atoms with van der Waals surface area (Å²) in [5.74, 6) is -3.38. The SMILES string of the molecule is CC(C)CC(NC(=O)C(Cc1ccccc1)NC(=O)C(NC(=O)C(N)Cc1cnc[nH]1)C(C)O)C(=O)O. The summed E-state index contributed by atoms with van der Waals surface area (Å²) < 4.78 is 0. The number of nitrogens with one attached hydrogen (secondary N) is 4. The largest absolute Gasteiger partial charge is 0.480 e. The zero-order chi connectivity index (χ0) is 27.5. The molecule has 5 atom stereocenters. The second kappa shape index (κ2) is 14.1. The number of benzene rings is 1. The quantitative estimate of drug-likeness (QED) is 0.174. The molecule has 8 N–H and O–H groups in total. The molecule has 2 rings (SSSR count). The van der Waals surface area contributed by atoms with E-state index in [0.717, 1.165) is 5.56 Å². The maximum Gasteiger partial charge on any atom is 0.326 e. The maximum atomic E-state index is 13.1. The number of aromatic nitrogens is 2. The van der Waals surface area contributed by atoms with E-state index in [1.165, 1.54) is 19.4 Å². The number of carboxylic acid groups (broad SMARTS) is 1. The van der Waals surface area contributed by atoms with Crippen molar-refractivity contribution >= 4 is 23.7 Å². The monoisotopic (exact) mass is 516 g/mol. The number of carbonyl (C=O) groups excluding carboxylic acids is 3. The van der Waals surface area contributed by atoms with Crippen molar-refractivity contribution in [1.29, 1.82) is 0 Å². The molecule has 37 heavy (non-hydrogen) atoms. The summed E-state index contributed by atoms with van der Waals surface area (Å²) in [5.41, 5.74) is 7.28. The van der Waals surface area contributed by atoms with Crippen molar-refractivity contribution in [2.75, 3.05) is 0 Å². The Bertz CT molecular complexity index is 1030. The average Bonchev–Trinajstić information content (AvgIpc) is 3.34. The van der Waals surface area contributed by atoms with Crippen LogP contribution in [-0.2, 0) is 32.0 Å². The van der Waals surface area contributed by atoms with E-state index in [4.69, 9.17) is 5.73 Å². The van der Waals surface area contributed by atoms with Gasteiger partial charge in [-0.2, -0.15) is 0 Å². The van der Waals surface area contributed by atoms with Gasteiger partial charge in [0.05, 0.1) is 18.5 Å². The van der Waals surface area contributed by atoms with E-state index in [1.54, 1.807) is 30.3 Å². The number of hydrogen-bond acceptors (Lipinski definition) is 7. The number of hydrogen-bond donors (Lipinski definition) is 7. The molecule has 0 radical (unpaired) electrons. The van der Waals surface area contributed by atoms with Crippen LogP contribution in [0.2, 0.25) is 0 Å². The predicted octanol–water partition coefficient (Wildman–Crippen LogP) is -0.512. The summed E-state index contributed by atoms with van der Waals surface area (Å²) >= 11 is 0. The highest BCUT2D eigenvalue weighted by Gasteiger charge is 2.32. The van der Waals surface area contributed by atoms with Gasteiger partial charge in [-0.05, 0) is 24.8 Å². The lowest BCUT2D eigenvalue weighted by Crippen LogP contribution is -2.60. The van der Waals surface area contributed by atoms with E-state index in [2.05, 4.69) is 25.9 Å². The van der Waals surface area contributed by atoms with Crippen LogP contribution in [0.15, 0.2) is 42.9 Å². The van der Waals surface area contributed by atoms with E-state index in [-0.39, 0.29) is 25.2 Å². The van der Waals surface area contributed by atoms with Crippen LogP contribution in [0.4, 0.5) is 0 Å². The van der Waals surface area contributed by atoms with Crippen molar-refractivity contribution < 1.29 is 29.4 Å². The average molecular weight is 517 g/mol. The number of carbonyl (C=O) groups is 4. The first-order chi connectivity index (χ1) is 17.5. The Labute approximate surface area is 215 Å². The number of nitrogens with two attached hydrogens (primary N) is 1. The van der Waals surface area contributed by atoms with Gasteiger partial charge in [0.2, 0.25) is 17.7 Å². The lowest BCUT2D eigenvalue weighted by molar-refractivity contribution is -0.143. The number of imidazole rings is 1. The number of nitrogens with zero attached hydrogens (tertiary/aromatic N) is 1. The molecule has 0 aliphatic heterocycles. The predicted molar refractivity (Wildman–Crippen MR) is 135 cm³/mol. The molecule has 12 heteroatoms. The highest BCUT2D eigenvalue weighted by Crippen LogP contribution is 2.09. The molecule has 0 bridgehead atoms. The van der Waals surface area contributed by atoms with E-state index in [9.17, 15) is 29.4 Å². The third-order valence-corrected chi connectivity index (χ3v) is 5.63. The molecule has 12 nitrogen and oxygen atoms in total. The van der Waals surface area contributed by atoms with Crippen LogP contribution in [0.3, 0.4) is 0 Å². The lowest BCUT2D eigenvalue weighted by Gasteiger charge is -2.26. The molecule has 2 aromatic rings. The molecule has 1 aromatic heterocycles. The zero-order valence-electron chi connectivity index (χ0n) is 21.2. The Morgan fingerprint density at radius 2 is 1.59 bits per heavy atom. The minimum absolute atomic E-state index is 0.00404. The van der Waals surface area contributed by atoms with Crippen molar-refractivity contribution in [3.8, 4) is 0 Å². The van der Waals surface area contributed by atoms with Crippen LogP contribution in [0.1, 0.15) is 38.4 Å². The van der Waals surface area contributed by atoms with Crippen LogP contribution in [0, 0.1) is 5.92 Å². The molecular formula is C25H36N6O6. The van der Waals surface area contributed by atoms with Gasteiger partial charge in [-0.3, -0.25) is 14.4 Å². The van der Waals surface area contributed by atoms with Crippen molar-refractivity contribution in [2.45, 2.75) is 70.3 Å². The summed E-state index contributed by atoms with van der Waals surface area (Å²) in [6.45, 7) is 4.98. The van der Waals surface area contributed by atoms with Gasteiger partial charge < -0.3 is 36.9 Å². The van der Waals surface area contributed by atoms with E-state index < -0.39 is 54.0 Å². The van der Waals surface area contributed by atoms with Gasteiger partial charge in [-0.15, -0.1) is 0 Å². The first-order valence-corrected chi connectivity index (χ1v) is 12.1. The Morgan fingerprint density at radius 3 is 2.14 bits per heavy atom. The Balaban J connectivity index is 2.17. The molecule has 0 aliphatic rings. The molecule has 0 saturated heterocycles. The first-order valence-electron chi connectivity index (χ1n) is 12.1. The van der Waals surface area contributed by atoms with Gasteiger partial charge >= 0.3 is 5.97 Å². The topological polar surface area (TPSA) is 200 Å². The highest BCUT2D eigenvalue weighted by atomic mass is 16.4. The van der Waals surface area contributed by atoms with Crippen LogP contribution < -0.4 is 21.7 Å². The van der Waals surface area contributed by atoms with Gasteiger partial charge in [0.1, 0.15) is 18.1 Å². The number of aliphatic carboxylic acids is 1. The number of aliphatic hydroxyl groups is 1. The molecular weight excluding hydrogens is 480 g/mol. The molecule has 202 valence electrons. The van der Waals surface area contributed by atoms with Crippen LogP contribution in [0.25, 0.3) is 0 Å². The molecule has 0 spiro atoms. The zero-order valence-corrected chi connectivity index (χ0v) is 21.2. The Morgan fingerprint density at radius 1 is 0.946 bits per heavy atom. The van der Waals surface area contributed by atoms with Crippen LogP contribution in [-0.4, -0.2) is 74.1 Å². The van der Waals surface area contributed by atoms with E-state index in [0.29, 0.717) is 5.69 Å². The van der Waals surface area contributed by atoms with Gasteiger partial charge in [0.25, 0.3) is 0 Å². The number of H-pyrrole nitrogens is 1. The molecule has 0 saturated carbocycles. The van der Waals surface area contributed by atoms with Gasteiger partial charge in [-0.25, -0.2) is 9.78 Å². The van der Waals surface area contributed by atoms with Crippen LogP contribution in [0.5, 0.6) is 0 Å². The first kappa shape index (κ1) is 29.5. The minimum Gasteiger partial charge on any atom is -0.480 e. The number of rotatable bonds is 14. The van der Waals surface area contributed by atoms with Crippen molar-refractivity contribution in [2.24, 2.45) is 11.7 Å². The molecule has 1 heterocycles. The second-order valence-electron chi connectivity index (χ2n) is 9.39. The Hall–Kier alpha value is -3.77. The van der Waals surface area contributed by atoms with Gasteiger partial charge in [-0.1, -0.05) is 44.2 Å². The smallest absolute Gasteiger partial charge is 0.326 e. The standard InChI is InChI=1S/C25H36N6O6/c1-14(2)9-20(25(36)37)30-23(34)19(10-16-7-5-4-6-8-16)29-24(35)21(15(3)32)31-22(33)18(26)11-17-12-27-13-28-17/h4-8,12-15,18-21,32H,9-11,26H2,1-3H3,(H,27,28)(H,29,35)(H,30,34)(H,31,33)(H,36,37). The number of amides is 3. The van der Waals surface area contributed by atoms with Crippen molar-refractivity contribution in [3.63, 3.8) is 0 Å². The van der Waals surface area contributed by atoms with E-state index >= 15 is 0 Å². The molecule has 3 amide bonds. The number of carboxylic acids is 1. The third kappa shape index (κ3) is 9.66. The Kier molecular flexibility index (Phi) is 11.2. The van der Waals surface area contributed by atoms with Crippen molar-refractivity contribution in [1.82, 2.24) is 25.9 Å². The summed E-state index contributed by atoms with van der Waals surface area (Å²) in [6, 6.07) is 4.12. The summed E-state index contributed by atoms with van der Waals surface area (Å²) in [6.07, 6.45) is 2.05. The second-order valence-corrected chi connectivity index (χ2v) is 9.39. The van der Waals surface area contributed by atoms with Gasteiger partial charge in [0, 0.05) is 24.7 Å². The van der Waals surface area contributed by atoms with Crippen molar-refractivity contribution in [3.05, 3.63) is 54.1 Å².